The summed E-state index contributed by atoms with van der Waals surface area (Å²) in [6, 6.07) is 1.30. The van der Waals surface area contributed by atoms with E-state index in [0.717, 1.165) is 32.2 Å². The van der Waals surface area contributed by atoms with Gasteiger partial charge >= 0.3 is 5.97 Å². The van der Waals surface area contributed by atoms with Crippen LogP contribution in [0.5, 0.6) is 0 Å². The number of carboxylic acid groups (broad SMARTS) is 1. The first kappa shape index (κ1) is 13.2. The van der Waals surface area contributed by atoms with Crippen LogP contribution >= 0.6 is 0 Å². The van der Waals surface area contributed by atoms with Crippen LogP contribution in [0, 0.1) is 0 Å². The molecular formula is C13H17NO3. The van der Waals surface area contributed by atoms with Crippen LogP contribution in [0.3, 0.4) is 0 Å². The third-order valence-corrected chi connectivity index (χ3v) is 2.53. The summed E-state index contributed by atoms with van der Waals surface area (Å²) in [6.07, 6.45) is 9.05. The van der Waals surface area contributed by atoms with Crippen LogP contribution in [0.25, 0.3) is 0 Å². The van der Waals surface area contributed by atoms with E-state index in [1.54, 1.807) is 10.8 Å². The van der Waals surface area contributed by atoms with Gasteiger partial charge in [-0.3, -0.25) is 4.79 Å². The second-order valence-electron chi connectivity index (χ2n) is 3.90. The summed E-state index contributed by atoms with van der Waals surface area (Å²) in [5.74, 6) is -1.17. The monoisotopic (exact) mass is 235 g/mol. The Bertz CT molecular complexity index is 448. The molecule has 1 aromatic rings. The van der Waals surface area contributed by atoms with Gasteiger partial charge in [-0.2, -0.15) is 0 Å². The highest BCUT2D eigenvalue weighted by atomic mass is 16.4. The molecule has 0 fully saturated rings. The van der Waals surface area contributed by atoms with Gasteiger partial charge in [0, 0.05) is 25.0 Å². The molecule has 4 nitrogen and oxygen atoms in total. The molecule has 1 heterocycles. The number of unbranched alkanes of at least 4 members (excludes halogenated alkanes) is 3. The average molecular weight is 235 g/mol. The van der Waals surface area contributed by atoms with Crippen molar-refractivity contribution in [3.8, 4) is 0 Å². The van der Waals surface area contributed by atoms with Crippen LogP contribution < -0.4 is 5.43 Å². The first-order valence-corrected chi connectivity index (χ1v) is 5.69. The van der Waals surface area contributed by atoms with Crippen molar-refractivity contribution in [2.75, 3.05) is 0 Å². The molecule has 1 rings (SSSR count). The fourth-order valence-electron chi connectivity index (χ4n) is 1.59. The molecule has 0 aliphatic rings. The molecule has 0 aromatic carbocycles. The van der Waals surface area contributed by atoms with Gasteiger partial charge in [0.15, 0.2) is 5.43 Å². The highest BCUT2D eigenvalue weighted by Gasteiger charge is 2.07. The standard InChI is InChI=1S/C13H17NO3/c1-2-3-4-5-6-8-14-9-7-12(15)11(10-14)13(16)17/h2,7,9-10H,1,3-6,8H2,(H,16,17). The fourth-order valence-corrected chi connectivity index (χ4v) is 1.59. The van der Waals surface area contributed by atoms with E-state index in [1.807, 2.05) is 6.08 Å². The SMILES string of the molecule is C=CCCCCCn1ccc(=O)c(C(=O)O)c1. The molecule has 1 aromatic heterocycles. The number of pyridine rings is 1. The molecule has 0 radical (unpaired) electrons. The van der Waals surface area contributed by atoms with Crippen molar-refractivity contribution < 1.29 is 9.90 Å². The summed E-state index contributed by atoms with van der Waals surface area (Å²) in [4.78, 5) is 22.0. The number of aromatic nitrogens is 1. The molecular weight excluding hydrogens is 218 g/mol. The van der Waals surface area contributed by atoms with E-state index >= 15 is 0 Å². The zero-order chi connectivity index (χ0) is 12.7. The van der Waals surface area contributed by atoms with Crippen LogP contribution in [-0.4, -0.2) is 15.6 Å². The number of aromatic carboxylic acids is 1. The largest absolute Gasteiger partial charge is 0.477 e. The Balaban J connectivity index is 2.54. The lowest BCUT2D eigenvalue weighted by molar-refractivity contribution is 0.0694. The quantitative estimate of drug-likeness (QED) is 0.582. The third-order valence-electron chi connectivity index (χ3n) is 2.53. The molecule has 0 spiro atoms. The Hall–Kier alpha value is -1.84. The lowest BCUT2D eigenvalue weighted by atomic mass is 10.2. The Morgan fingerprint density at radius 3 is 2.82 bits per heavy atom. The predicted octanol–water partition coefficient (Wildman–Crippen LogP) is 2.29. The molecule has 4 heteroatoms. The molecule has 0 bridgehead atoms. The van der Waals surface area contributed by atoms with E-state index in [9.17, 15) is 9.59 Å². The highest BCUT2D eigenvalue weighted by Crippen LogP contribution is 2.03. The minimum absolute atomic E-state index is 0.168. The van der Waals surface area contributed by atoms with Crippen molar-refractivity contribution >= 4 is 5.97 Å². The lowest BCUT2D eigenvalue weighted by Gasteiger charge is -2.06. The summed E-state index contributed by atoms with van der Waals surface area (Å²) in [6.45, 7) is 4.39. The number of aryl methyl sites for hydroxylation is 1. The molecule has 0 saturated heterocycles. The van der Waals surface area contributed by atoms with E-state index in [0.29, 0.717) is 0 Å². The molecule has 0 saturated carbocycles. The number of carbonyl (C=O) groups is 1. The maximum atomic E-state index is 11.2. The summed E-state index contributed by atoms with van der Waals surface area (Å²) in [7, 11) is 0. The molecule has 0 aliphatic heterocycles. The molecule has 0 aliphatic carbocycles. The second-order valence-corrected chi connectivity index (χ2v) is 3.90. The average Bonchev–Trinajstić information content (AvgIpc) is 2.30. The lowest BCUT2D eigenvalue weighted by Crippen LogP contribution is -2.16. The van der Waals surface area contributed by atoms with Crippen molar-refractivity contribution in [2.45, 2.75) is 32.2 Å². The minimum Gasteiger partial charge on any atom is -0.477 e. The minimum atomic E-state index is -1.17. The zero-order valence-electron chi connectivity index (χ0n) is 9.76. The van der Waals surface area contributed by atoms with Crippen molar-refractivity contribution in [1.82, 2.24) is 4.57 Å². The van der Waals surface area contributed by atoms with Gasteiger partial charge in [0.1, 0.15) is 5.56 Å². The van der Waals surface area contributed by atoms with E-state index in [4.69, 9.17) is 5.11 Å². The van der Waals surface area contributed by atoms with E-state index < -0.39 is 11.4 Å². The molecule has 0 unspecified atom stereocenters. The Morgan fingerprint density at radius 1 is 1.41 bits per heavy atom. The maximum absolute atomic E-state index is 11.2. The number of nitrogens with zero attached hydrogens (tertiary/aromatic N) is 1. The van der Waals surface area contributed by atoms with Gasteiger partial charge in [-0.15, -0.1) is 6.58 Å². The summed E-state index contributed by atoms with van der Waals surface area (Å²) in [5, 5.41) is 8.81. The first-order valence-electron chi connectivity index (χ1n) is 5.69. The molecule has 0 amide bonds. The second kappa shape index (κ2) is 6.68. The van der Waals surface area contributed by atoms with Gasteiger partial charge in [-0.25, -0.2) is 4.79 Å². The Kier molecular flexibility index (Phi) is 5.20. The van der Waals surface area contributed by atoms with Crippen LogP contribution in [0.15, 0.2) is 35.9 Å². The Labute approximate surface area is 100 Å². The van der Waals surface area contributed by atoms with Gasteiger partial charge in [0.25, 0.3) is 0 Å². The van der Waals surface area contributed by atoms with Crippen molar-refractivity contribution in [3.63, 3.8) is 0 Å². The van der Waals surface area contributed by atoms with Crippen molar-refractivity contribution in [1.29, 1.82) is 0 Å². The van der Waals surface area contributed by atoms with E-state index in [1.165, 1.54) is 12.3 Å². The summed E-state index contributed by atoms with van der Waals surface area (Å²) >= 11 is 0. The van der Waals surface area contributed by atoms with Gasteiger partial charge in [0.2, 0.25) is 0 Å². The maximum Gasteiger partial charge on any atom is 0.341 e. The molecule has 1 N–H and O–H groups in total. The third kappa shape index (κ3) is 4.26. The van der Waals surface area contributed by atoms with E-state index in [-0.39, 0.29) is 5.56 Å². The van der Waals surface area contributed by atoms with Gasteiger partial charge in [-0.05, 0) is 19.3 Å². The molecule has 17 heavy (non-hydrogen) atoms. The smallest absolute Gasteiger partial charge is 0.341 e. The topological polar surface area (TPSA) is 59.3 Å². The highest BCUT2D eigenvalue weighted by molar-refractivity contribution is 5.86. The summed E-state index contributed by atoms with van der Waals surface area (Å²) < 4.78 is 1.75. The van der Waals surface area contributed by atoms with Crippen LogP contribution in [0.1, 0.15) is 36.0 Å². The van der Waals surface area contributed by atoms with E-state index in [2.05, 4.69) is 6.58 Å². The van der Waals surface area contributed by atoms with Crippen LogP contribution in [0.4, 0.5) is 0 Å². The number of hydrogen-bond acceptors (Lipinski definition) is 2. The molecule has 0 atom stereocenters. The van der Waals surface area contributed by atoms with Gasteiger partial charge < -0.3 is 9.67 Å². The predicted molar refractivity (Wildman–Crippen MR) is 66.3 cm³/mol. The number of hydrogen-bond donors (Lipinski definition) is 1. The van der Waals surface area contributed by atoms with Crippen molar-refractivity contribution in [3.05, 3.63) is 46.9 Å². The molecule has 92 valence electrons. The first-order chi connectivity index (χ1) is 8.15. The normalized spacial score (nSPS) is 10.1. The summed E-state index contributed by atoms with van der Waals surface area (Å²) in [5.41, 5.74) is -0.612. The number of carboxylic acids is 1. The van der Waals surface area contributed by atoms with Crippen LogP contribution in [-0.2, 0) is 6.54 Å². The Morgan fingerprint density at radius 2 is 2.18 bits per heavy atom. The van der Waals surface area contributed by atoms with Gasteiger partial charge in [0.05, 0.1) is 0 Å². The van der Waals surface area contributed by atoms with Crippen LogP contribution in [0.2, 0.25) is 0 Å². The number of rotatable bonds is 7. The van der Waals surface area contributed by atoms with Crippen molar-refractivity contribution in [2.24, 2.45) is 0 Å². The zero-order valence-corrected chi connectivity index (χ0v) is 9.76. The fraction of sp³-hybridized carbons (Fsp3) is 0.385. The van der Waals surface area contributed by atoms with Gasteiger partial charge in [-0.1, -0.05) is 12.5 Å². The number of allylic oxidation sites excluding steroid dienone is 1.